The van der Waals surface area contributed by atoms with Crippen molar-refractivity contribution in [3.63, 3.8) is 0 Å². The molecule has 0 saturated carbocycles. The molecule has 0 aliphatic heterocycles. The van der Waals surface area contributed by atoms with Crippen molar-refractivity contribution in [3.05, 3.63) is 32.7 Å². The first-order chi connectivity index (χ1) is 8.93. The van der Waals surface area contributed by atoms with Gasteiger partial charge in [-0.05, 0) is 24.6 Å². The minimum absolute atomic E-state index is 0.0585. The largest absolute Gasteiger partial charge is 0.355 e. The van der Waals surface area contributed by atoms with Crippen LogP contribution in [-0.4, -0.2) is 36.9 Å². The second kappa shape index (κ2) is 7.65. The van der Waals surface area contributed by atoms with Crippen molar-refractivity contribution in [1.82, 2.24) is 10.2 Å². The van der Waals surface area contributed by atoms with Crippen molar-refractivity contribution in [1.29, 1.82) is 0 Å². The fraction of sp³-hybridized carbons (Fsp3) is 0.385. The third kappa shape index (κ3) is 5.32. The summed E-state index contributed by atoms with van der Waals surface area (Å²) in [5.74, 6) is -0.333. The van der Waals surface area contributed by atoms with Crippen LogP contribution in [0.25, 0.3) is 0 Å². The van der Waals surface area contributed by atoms with E-state index >= 15 is 0 Å². The maximum Gasteiger partial charge on any atom is 0.254 e. The van der Waals surface area contributed by atoms with E-state index < -0.39 is 0 Å². The Bertz CT molecular complexity index is 457. The Hall–Kier alpha value is -0.880. The van der Waals surface area contributed by atoms with Crippen LogP contribution >= 0.6 is 31.9 Å². The summed E-state index contributed by atoms with van der Waals surface area (Å²) in [6.45, 7) is 2.67. The average Bonchev–Trinajstić information content (AvgIpc) is 2.34. The zero-order valence-electron chi connectivity index (χ0n) is 10.9. The van der Waals surface area contributed by atoms with Gasteiger partial charge in [-0.2, -0.15) is 0 Å². The normalized spacial score (nSPS) is 10.1. The van der Waals surface area contributed by atoms with E-state index in [-0.39, 0.29) is 18.4 Å². The first-order valence-corrected chi connectivity index (χ1v) is 7.51. The molecule has 6 heteroatoms. The van der Waals surface area contributed by atoms with Crippen LogP contribution in [0.3, 0.4) is 0 Å². The number of likely N-dealkylation sites (N-methyl/N-ethyl adjacent to an activating group) is 1. The third-order valence-corrected chi connectivity index (χ3v) is 3.32. The summed E-state index contributed by atoms with van der Waals surface area (Å²) >= 11 is 6.67. The summed E-state index contributed by atoms with van der Waals surface area (Å²) in [6, 6.07) is 5.31. The van der Waals surface area contributed by atoms with Gasteiger partial charge in [-0.1, -0.05) is 38.8 Å². The Morgan fingerprint density at radius 1 is 1.21 bits per heavy atom. The molecule has 1 aromatic carbocycles. The highest BCUT2D eigenvalue weighted by Crippen LogP contribution is 2.20. The second-order valence-electron chi connectivity index (χ2n) is 4.17. The summed E-state index contributed by atoms with van der Waals surface area (Å²) in [7, 11) is 1.61. The fourth-order valence-corrected chi connectivity index (χ4v) is 2.80. The lowest BCUT2D eigenvalue weighted by atomic mass is 10.2. The van der Waals surface area contributed by atoms with Gasteiger partial charge in [0.15, 0.2) is 0 Å². The van der Waals surface area contributed by atoms with Gasteiger partial charge < -0.3 is 10.2 Å². The van der Waals surface area contributed by atoms with E-state index in [1.165, 1.54) is 4.90 Å². The number of halogens is 2. The molecule has 0 spiro atoms. The quantitative estimate of drug-likeness (QED) is 0.838. The second-order valence-corrected chi connectivity index (χ2v) is 6.00. The Kier molecular flexibility index (Phi) is 6.51. The summed E-state index contributed by atoms with van der Waals surface area (Å²) in [6.07, 6.45) is 0.877. The summed E-state index contributed by atoms with van der Waals surface area (Å²) < 4.78 is 1.63. The summed E-state index contributed by atoms with van der Waals surface area (Å²) in [4.78, 5) is 25.1. The predicted octanol–water partition coefficient (Wildman–Crippen LogP) is 2.81. The molecule has 0 aliphatic carbocycles. The van der Waals surface area contributed by atoms with E-state index in [9.17, 15) is 9.59 Å². The van der Waals surface area contributed by atoms with Gasteiger partial charge in [0.1, 0.15) is 0 Å². The molecule has 0 saturated heterocycles. The molecule has 0 aromatic heterocycles. The van der Waals surface area contributed by atoms with Gasteiger partial charge in [0.2, 0.25) is 5.91 Å². The molecule has 0 fully saturated rings. The van der Waals surface area contributed by atoms with E-state index in [0.29, 0.717) is 12.1 Å². The standard InChI is InChI=1S/C13H16Br2N2O2/c1-3-4-16-12(18)8-17(2)13(19)9-5-10(14)7-11(15)6-9/h5-7H,3-4,8H2,1-2H3,(H,16,18). The molecule has 104 valence electrons. The Labute approximate surface area is 129 Å². The Balaban J connectivity index is 2.68. The zero-order valence-corrected chi connectivity index (χ0v) is 14.0. The first kappa shape index (κ1) is 16.2. The Morgan fingerprint density at radius 3 is 2.32 bits per heavy atom. The highest BCUT2D eigenvalue weighted by Gasteiger charge is 2.15. The molecule has 1 rings (SSSR count). The van der Waals surface area contributed by atoms with Crippen LogP contribution in [-0.2, 0) is 4.79 Å². The van der Waals surface area contributed by atoms with Crippen LogP contribution in [0.5, 0.6) is 0 Å². The van der Waals surface area contributed by atoms with Crippen LogP contribution in [0.1, 0.15) is 23.7 Å². The zero-order chi connectivity index (χ0) is 14.4. The molecule has 0 radical (unpaired) electrons. The van der Waals surface area contributed by atoms with E-state index in [1.54, 1.807) is 19.2 Å². The lowest BCUT2D eigenvalue weighted by molar-refractivity contribution is -0.121. The molecule has 0 aliphatic rings. The van der Waals surface area contributed by atoms with Crippen LogP contribution in [0.4, 0.5) is 0 Å². The van der Waals surface area contributed by atoms with E-state index in [4.69, 9.17) is 0 Å². The predicted molar refractivity (Wildman–Crippen MR) is 82.1 cm³/mol. The lowest BCUT2D eigenvalue weighted by Crippen LogP contribution is -2.38. The van der Waals surface area contributed by atoms with Gasteiger partial charge in [0.05, 0.1) is 6.54 Å². The van der Waals surface area contributed by atoms with Gasteiger partial charge >= 0.3 is 0 Å². The highest BCUT2D eigenvalue weighted by atomic mass is 79.9. The molecular formula is C13H16Br2N2O2. The number of rotatable bonds is 5. The van der Waals surface area contributed by atoms with Crippen molar-refractivity contribution < 1.29 is 9.59 Å². The minimum atomic E-state index is -0.186. The average molecular weight is 392 g/mol. The fourth-order valence-electron chi connectivity index (χ4n) is 1.51. The van der Waals surface area contributed by atoms with Crippen LogP contribution in [0.15, 0.2) is 27.1 Å². The minimum Gasteiger partial charge on any atom is -0.355 e. The monoisotopic (exact) mass is 390 g/mol. The van der Waals surface area contributed by atoms with Crippen molar-refractivity contribution in [3.8, 4) is 0 Å². The molecule has 0 atom stereocenters. The number of carbonyl (C=O) groups excluding carboxylic acids is 2. The van der Waals surface area contributed by atoms with Gasteiger partial charge in [-0.3, -0.25) is 9.59 Å². The van der Waals surface area contributed by atoms with Crippen LogP contribution < -0.4 is 5.32 Å². The highest BCUT2D eigenvalue weighted by molar-refractivity contribution is 9.11. The number of hydrogen-bond acceptors (Lipinski definition) is 2. The van der Waals surface area contributed by atoms with Crippen molar-refractivity contribution in [2.75, 3.05) is 20.1 Å². The maximum absolute atomic E-state index is 12.2. The van der Waals surface area contributed by atoms with Gasteiger partial charge in [0, 0.05) is 28.1 Å². The van der Waals surface area contributed by atoms with Crippen LogP contribution in [0.2, 0.25) is 0 Å². The van der Waals surface area contributed by atoms with Crippen molar-refractivity contribution in [2.24, 2.45) is 0 Å². The van der Waals surface area contributed by atoms with Crippen molar-refractivity contribution in [2.45, 2.75) is 13.3 Å². The summed E-state index contributed by atoms with van der Waals surface area (Å²) in [5, 5.41) is 2.74. The molecule has 0 unspecified atom stereocenters. The molecule has 2 amide bonds. The van der Waals surface area contributed by atoms with Crippen LogP contribution in [0, 0.1) is 0 Å². The number of carbonyl (C=O) groups is 2. The lowest BCUT2D eigenvalue weighted by Gasteiger charge is -2.17. The summed E-state index contributed by atoms with van der Waals surface area (Å²) in [5.41, 5.74) is 0.534. The van der Waals surface area contributed by atoms with E-state index in [0.717, 1.165) is 15.4 Å². The van der Waals surface area contributed by atoms with Gasteiger partial charge in [-0.25, -0.2) is 0 Å². The van der Waals surface area contributed by atoms with Gasteiger partial charge in [-0.15, -0.1) is 0 Å². The number of amides is 2. The molecule has 1 N–H and O–H groups in total. The van der Waals surface area contributed by atoms with E-state index in [1.807, 2.05) is 13.0 Å². The SMILES string of the molecule is CCCNC(=O)CN(C)C(=O)c1cc(Br)cc(Br)c1. The number of nitrogens with zero attached hydrogens (tertiary/aromatic N) is 1. The smallest absolute Gasteiger partial charge is 0.254 e. The molecule has 0 bridgehead atoms. The topological polar surface area (TPSA) is 49.4 Å². The molecule has 19 heavy (non-hydrogen) atoms. The molecular weight excluding hydrogens is 376 g/mol. The number of nitrogens with one attached hydrogen (secondary N) is 1. The number of benzene rings is 1. The van der Waals surface area contributed by atoms with Crippen molar-refractivity contribution >= 4 is 43.7 Å². The first-order valence-electron chi connectivity index (χ1n) is 5.92. The maximum atomic E-state index is 12.2. The molecule has 0 heterocycles. The molecule has 1 aromatic rings. The number of hydrogen-bond donors (Lipinski definition) is 1. The Morgan fingerprint density at radius 2 is 1.79 bits per heavy atom. The van der Waals surface area contributed by atoms with E-state index in [2.05, 4.69) is 37.2 Å². The molecule has 4 nitrogen and oxygen atoms in total. The third-order valence-electron chi connectivity index (χ3n) is 2.41. The van der Waals surface area contributed by atoms with Gasteiger partial charge in [0.25, 0.3) is 5.91 Å².